The van der Waals surface area contributed by atoms with Crippen LogP contribution in [0.2, 0.25) is 0 Å². The van der Waals surface area contributed by atoms with Gasteiger partial charge in [0.05, 0.1) is 6.54 Å². The highest BCUT2D eigenvalue weighted by Crippen LogP contribution is 2.19. The number of amides is 2. The first kappa shape index (κ1) is 15.1. The highest BCUT2D eigenvalue weighted by atomic mass is 16.6. The first-order valence-corrected chi connectivity index (χ1v) is 7.27. The molecule has 1 unspecified atom stereocenters. The van der Waals surface area contributed by atoms with Crippen molar-refractivity contribution in [1.29, 1.82) is 0 Å². The number of hydrogen-bond donors (Lipinski definition) is 2. The number of rotatable bonds is 5. The number of aryl methyl sites for hydroxylation is 2. The molecule has 0 spiro atoms. The van der Waals surface area contributed by atoms with E-state index in [-0.39, 0.29) is 18.1 Å². The number of nitrogens with one attached hydrogen (secondary N) is 2. The van der Waals surface area contributed by atoms with Gasteiger partial charge in [-0.2, -0.15) is 0 Å². The molecule has 1 atom stereocenters. The van der Waals surface area contributed by atoms with Crippen LogP contribution < -0.4 is 10.6 Å². The van der Waals surface area contributed by atoms with Gasteiger partial charge in [-0.05, 0) is 19.0 Å². The zero-order valence-electron chi connectivity index (χ0n) is 12.9. The molecule has 0 saturated carbocycles. The van der Waals surface area contributed by atoms with Crippen molar-refractivity contribution < 1.29 is 14.2 Å². The highest BCUT2D eigenvalue weighted by molar-refractivity contribution is 5.95. The second-order valence-corrected chi connectivity index (χ2v) is 5.53. The summed E-state index contributed by atoms with van der Waals surface area (Å²) in [6.07, 6.45) is 0.789. The lowest BCUT2D eigenvalue weighted by Crippen LogP contribution is -2.39. The number of nitrogens with zero attached hydrogens (tertiary/aromatic N) is 5. The maximum absolute atomic E-state index is 11.8. The van der Waals surface area contributed by atoms with E-state index in [1.165, 1.54) is 0 Å². The molecule has 0 aliphatic carbocycles. The summed E-state index contributed by atoms with van der Waals surface area (Å²) in [5, 5.41) is 20.4. The van der Waals surface area contributed by atoms with Gasteiger partial charge in [0.25, 0.3) is 5.91 Å². The van der Waals surface area contributed by atoms with Crippen molar-refractivity contribution in [1.82, 2.24) is 35.7 Å². The molecule has 2 amide bonds. The molecule has 0 bridgehead atoms. The Balaban J connectivity index is 1.41. The van der Waals surface area contributed by atoms with Crippen molar-refractivity contribution in [2.75, 3.05) is 13.1 Å². The number of fused-ring (bicyclic) bond motifs is 1. The van der Waals surface area contributed by atoms with Crippen LogP contribution in [0.4, 0.5) is 0 Å². The van der Waals surface area contributed by atoms with Crippen LogP contribution in [0.25, 0.3) is 0 Å². The largest absolute Gasteiger partial charge is 0.354 e. The maximum Gasteiger partial charge on any atom is 0.275 e. The summed E-state index contributed by atoms with van der Waals surface area (Å²) >= 11 is 0. The Kier molecular flexibility index (Phi) is 4.04. The Hall–Kier alpha value is -2.78. The lowest BCUT2D eigenvalue weighted by atomic mass is 10.1. The van der Waals surface area contributed by atoms with Gasteiger partial charge in [-0.15, -0.1) is 10.2 Å². The van der Waals surface area contributed by atoms with E-state index in [2.05, 4.69) is 40.3 Å². The van der Waals surface area contributed by atoms with Crippen molar-refractivity contribution in [2.45, 2.75) is 26.8 Å². The van der Waals surface area contributed by atoms with E-state index in [1.54, 1.807) is 6.92 Å². The Morgan fingerprint density at radius 2 is 2.09 bits per heavy atom. The van der Waals surface area contributed by atoms with E-state index in [0.29, 0.717) is 18.2 Å². The van der Waals surface area contributed by atoms with Crippen LogP contribution >= 0.6 is 0 Å². The molecule has 0 radical (unpaired) electrons. The monoisotopic (exact) mass is 319 g/mol. The molecule has 3 heterocycles. The zero-order chi connectivity index (χ0) is 16.4. The molecule has 0 fully saturated rings. The lowest BCUT2D eigenvalue weighted by Gasteiger charge is -2.11. The van der Waals surface area contributed by atoms with Gasteiger partial charge >= 0.3 is 0 Å². The van der Waals surface area contributed by atoms with Crippen molar-refractivity contribution in [3.8, 4) is 0 Å². The minimum absolute atomic E-state index is 0.0852. The predicted octanol–water partition coefficient (Wildman–Crippen LogP) is -1.00. The Morgan fingerprint density at radius 1 is 1.26 bits per heavy atom. The van der Waals surface area contributed by atoms with Crippen LogP contribution in [0.15, 0.2) is 4.63 Å². The molecule has 2 aromatic heterocycles. The smallest absolute Gasteiger partial charge is 0.275 e. The number of carbonyl (C=O) groups excluding carboxylic acids is 2. The summed E-state index contributed by atoms with van der Waals surface area (Å²) in [6, 6.07) is 0. The summed E-state index contributed by atoms with van der Waals surface area (Å²) in [4.78, 5) is 23.6. The lowest BCUT2D eigenvalue weighted by molar-refractivity contribution is -0.120. The molecule has 1 aliphatic heterocycles. The summed E-state index contributed by atoms with van der Waals surface area (Å²) in [5.74, 6) is 1.39. The van der Waals surface area contributed by atoms with E-state index in [9.17, 15) is 9.59 Å². The van der Waals surface area contributed by atoms with Crippen molar-refractivity contribution >= 4 is 11.8 Å². The van der Waals surface area contributed by atoms with Crippen LogP contribution in [-0.2, 0) is 17.8 Å². The molecule has 10 heteroatoms. The molecule has 1 aliphatic rings. The third-order valence-electron chi connectivity index (χ3n) is 3.79. The molecule has 2 aromatic rings. The molecule has 122 valence electrons. The second kappa shape index (κ2) is 6.15. The average molecular weight is 319 g/mol. The standard InChI is InChI=1S/C13H17N7O3/c1-7-12(19-23-18-7)13(22)15-5-11(21)14-4-9-3-10-17-16-8(2)20(10)6-9/h9H,3-6H2,1-2H3,(H,14,21)(H,15,22). The molecule has 10 nitrogen and oxygen atoms in total. The fourth-order valence-electron chi connectivity index (χ4n) is 2.53. The maximum atomic E-state index is 11.8. The minimum Gasteiger partial charge on any atom is -0.354 e. The fourth-order valence-corrected chi connectivity index (χ4v) is 2.53. The van der Waals surface area contributed by atoms with Gasteiger partial charge < -0.3 is 15.2 Å². The SMILES string of the molecule is Cc1nonc1C(=O)NCC(=O)NCC1Cc2nnc(C)n2C1. The van der Waals surface area contributed by atoms with Crippen LogP contribution in [0.1, 0.15) is 27.8 Å². The van der Waals surface area contributed by atoms with Crippen molar-refractivity contribution in [3.63, 3.8) is 0 Å². The highest BCUT2D eigenvalue weighted by Gasteiger charge is 2.25. The molecule has 2 N–H and O–H groups in total. The predicted molar refractivity (Wildman–Crippen MR) is 76.3 cm³/mol. The van der Waals surface area contributed by atoms with Gasteiger partial charge in [0.2, 0.25) is 5.91 Å². The van der Waals surface area contributed by atoms with Crippen LogP contribution in [-0.4, -0.2) is 50.0 Å². The summed E-state index contributed by atoms with van der Waals surface area (Å²) < 4.78 is 6.50. The van der Waals surface area contributed by atoms with Gasteiger partial charge in [-0.3, -0.25) is 9.59 Å². The molecular weight excluding hydrogens is 302 g/mol. The third-order valence-corrected chi connectivity index (χ3v) is 3.79. The minimum atomic E-state index is -0.485. The fraction of sp³-hybridized carbons (Fsp3) is 0.538. The van der Waals surface area contributed by atoms with Crippen molar-refractivity contribution in [3.05, 3.63) is 23.0 Å². The number of aromatic nitrogens is 5. The van der Waals surface area contributed by atoms with Gasteiger partial charge in [0.15, 0.2) is 5.69 Å². The summed E-state index contributed by atoms with van der Waals surface area (Å²) in [7, 11) is 0. The summed E-state index contributed by atoms with van der Waals surface area (Å²) in [6.45, 7) is 4.72. The van der Waals surface area contributed by atoms with E-state index >= 15 is 0 Å². The Bertz CT molecular complexity index is 736. The first-order chi connectivity index (χ1) is 11.0. The first-order valence-electron chi connectivity index (χ1n) is 7.27. The van der Waals surface area contributed by atoms with Crippen LogP contribution in [0.3, 0.4) is 0 Å². The van der Waals surface area contributed by atoms with Gasteiger partial charge in [-0.25, -0.2) is 4.63 Å². The molecule has 0 saturated heterocycles. The third kappa shape index (κ3) is 3.20. The normalized spacial score (nSPS) is 16.2. The quantitative estimate of drug-likeness (QED) is 0.723. The van der Waals surface area contributed by atoms with Gasteiger partial charge in [-0.1, -0.05) is 5.16 Å². The average Bonchev–Trinajstić information content (AvgIpc) is 3.21. The van der Waals surface area contributed by atoms with E-state index in [1.807, 2.05) is 6.92 Å². The number of carbonyl (C=O) groups is 2. The zero-order valence-corrected chi connectivity index (χ0v) is 12.9. The number of hydrogen-bond acceptors (Lipinski definition) is 7. The van der Waals surface area contributed by atoms with Crippen molar-refractivity contribution in [2.24, 2.45) is 5.92 Å². The molecule has 3 rings (SSSR count). The summed E-state index contributed by atoms with van der Waals surface area (Å²) in [5.41, 5.74) is 0.467. The van der Waals surface area contributed by atoms with Gasteiger partial charge in [0, 0.05) is 25.4 Å². The second-order valence-electron chi connectivity index (χ2n) is 5.53. The van der Waals surface area contributed by atoms with Gasteiger partial charge in [0.1, 0.15) is 17.3 Å². The topological polar surface area (TPSA) is 128 Å². The van der Waals surface area contributed by atoms with E-state index in [4.69, 9.17) is 0 Å². The van der Waals surface area contributed by atoms with Crippen LogP contribution in [0.5, 0.6) is 0 Å². The Labute approximate surface area is 131 Å². The van der Waals surface area contributed by atoms with Crippen LogP contribution in [0, 0.1) is 19.8 Å². The van der Waals surface area contributed by atoms with E-state index < -0.39 is 5.91 Å². The molecule has 0 aromatic carbocycles. The van der Waals surface area contributed by atoms with E-state index in [0.717, 1.165) is 24.6 Å². The molecule has 23 heavy (non-hydrogen) atoms. The molecular formula is C13H17N7O3. The Morgan fingerprint density at radius 3 is 2.78 bits per heavy atom.